The molecule has 2 heterocycles. The van der Waals surface area contributed by atoms with Gasteiger partial charge in [0.25, 0.3) is 5.91 Å². The molecule has 0 aliphatic carbocycles. The van der Waals surface area contributed by atoms with Gasteiger partial charge in [0, 0.05) is 4.75 Å². The lowest BCUT2D eigenvalue weighted by atomic mass is 10.1. The maximum absolute atomic E-state index is 12.0. The quantitative estimate of drug-likeness (QED) is 0.637. The lowest BCUT2D eigenvalue weighted by Crippen LogP contribution is -2.33. The molecule has 96 valence electrons. The number of hydrogen-bond acceptors (Lipinski definition) is 5. The molecule has 0 saturated carbocycles. The molecule has 0 bridgehead atoms. The van der Waals surface area contributed by atoms with Crippen LogP contribution in [0.2, 0.25) is 0 Å². The van der Waals surface area contributed by atoms with Gasteiger partial charge < -0.3 is 5.11 Å². The van der Waals surface area contributed by atoms with E-state index >= 15 is 0 Å². The Labute approximate surface area is 118 Å². The van der Waals surface area contributed by atoms with E-state index in [2.05, 4.69) is 6.08 Å². The Hall–Kier alpha value is -0.790. The van der Waals surface area contributed by atoms with Crippen LogP contribution in [0.1, 0.15) is 13.3 Å². The average molecular weight is 301 g/mol. The lowest BCUT2D eigenvalue weighted by molar-refractivity contribution is -0.140. The molecular weight excluding hydrogens is 290 g/mol. The van der Waals surface area contributed by atoms with E-state index in [1.54, 1.807) is 11.8 Å². The molecular formula is C11H11NO3S3. The number of amides is 1. The topological polar surface area (TPSA) is 57.6 Å². The minimum atomic E-state index is -1.06. The number of rotatable bonds is 3. The molecule has 2 aliphatic heterocycles. The first-order valence-corrected chi connectivity index (χ1v) is 7.33. The molecule has 0 aromatic rings. The lowest BCUT2D eigenvalue weighted by Gasteiger charge is -2.17. The van der Waals surface area contributed by atoms with Gasteiger partial charge in [-0.3, -0.25) is 14.5 Å². The van der Waals surface area contributed by atoms with Crippen molar-refractivity contribution < 1.29 is 14.7 Å². The normalized spacial score (nSPS) is 29.6. The standard InChI is InChI=1S/C11H11NO3S3/c1-11(3-2-4-17-11)5-7-9(15)12(6-8(13)14)10(16)18-7/h2,4-5H,3,6H2,1H3,(H,13,14)/b7-5+. The number of nitrogens with zero attached hydrogens (tertiary/aromatic N) is 1. The molecule has 1 saturated heterocycles. The molecule has 2 rings (SSSR count). The van der Waals surface area contributed by atoms with E-state index in [0.717, 1.165) is 11.3 Å². The first-order valence-electron chi connectivity index (χ1n) is 5.22. The van der Waals surface area contributed by atoms with Gasteiger partial charge in [0.1, 0.15) is 10.9 Å². The number of hydrogen-bond donors (Lipinski definition) is 1. The van der Waals surface area contributed by atoms with Gasteiger partial charge in [-0.05, 0) is 24.8 Å². The summed E-state index contributed by atoms with van der Waals surface area (Å²) in [6, 6.07) is 0. The summed E-state index contributed by atoms with van der Waals surface area (Å²) in [5, 5.41) is 10.7. The van der Waals surface area contributed by atoms with Gasteiger partial charge in [-0.25, -0.2) is 0 Å². The van der Waals surface area contributed by atoms with E-state index in [1.807, 2.05) is 18.4 Å². The Morgan fingerprint density at radius 1 is 1.72 bits per heavy atom. The Bertz CT molecular complexity index is 476. The van der Waals surface area contributed by atoms with Crippen molar-refractivity contribution in [1.29, 1.82) is 0 Å². The number of thiocarbonyl (C=S) groups is 1. The molecule has 2 aliphatic rings. The van der Waals surface area contributed by atoms with Gasteiger partial charge >= 0.3 is 5.97 Å². The first kappa shape index (κ1) is 13.6. The predicted molar refractivity (Wildman–Crippen MR) is 77.4 cm³/mol. The van der Waals surface area contributed by atoms with Crippen molar-refractivity contribution in [3.63, 3.8) is 0 Å². The fourth-order valence-electron chi connectivity index (χ4n) is 1.68. The zero-order valence-corrected chi connectivity index (χ0v) is 12.0. The van der Waals surface area contributed by atoms with Crippen molar-refractivity contribution >= 4 is 51.9 Å². The summed E-state index contributed by atoms with van der Waals surface area (Å²) in [4.78, 5) is 24.4. The predicted octanol–water partition coefficient (Wildman–Crippen LogP) is 2.22. The molecule has 0 spiro atoms. The summed E-state index contributed by atoms with van der Waals surface area (Å²) >= 11 is 7.85. The molecule has 1 unspecified atom stereocenters. The number of allylic oxidation sites excluding steroid dienone is 1. The second-order valence-electron chi connectivity index (χ2n) is 4.17. The molecule has 1 amide bonds. The van der Waals surface area contributed by atoms with Gasteiger partial charge in [0.05, 0.1) is 4.91 Å². The van der Waals surface area contributed by atoms with E-state index in [9.17, 15) is 9.59 Å². The van der Waals surface area contributed by atoms with Crippen LogP contribution in [0.25, 0.3) is 0 Å². The Morgan fingerprint density at radius 2 is 2.44 bits per heavy atom. The van der Waals surface area contributed by atoms with Crippen molar-refractivity contribution in [3.8, 4) is 0 Å². The Kier molecular flexibility index (Phi) is 3.84. The van der Waals surface area contributed by atoms with Crippen LogP contribution in [-0.4, -0.2) is 37.5 Å². The van der Waals surface area contributed by atoms with E-state index in [-0.39, 0.29) is 17.2 Å². The molecule has 1 N–H and O–H groups in total. The third kappa shape index (κ3) is 2.78. The zero-order chi connectivity index (χ0) is 13.3. The maximum atomic E-state index is 12.0. The molecule has 4 nitrogen and oxygen atoms in total. The Morgan fingerprint density at radius 3 is 3.00 bits per heavy atom. The number of carboxylic acid groups (broad SMARTS) is 1. The summed E-state index contributed by atoms with van der Waals surface area (Å²) in [6.45, 7) is 1.67. The minimum Gasteiger partial charge on any atom is -0.480 e. The van der Waals surface area contributed by atoms with Crippen LogP contribution in [0.5, 0.6) is 0 Å². The highest BCUT2D eigenvalue weighted by Crippen LogP contribution is 2.41. The van der Waals surface area contributed by atoms with Crippen LogP contribution in [-0.2, 0) is 9.59 Å². The van der Waals surface area contributed by atoms with Crippen molar-refractivity contribution in [3.05, 3.63) is 22.5 Å². The van der Waals surface area contributed by atoms with E-state index in [4.69, 9.17) is 17.3 Å². The molecule has 0 aromatic heterocycles. The molecule has 7 heteroatoms. The third-order valence-corrected chi connectivity index (χ3v) is 5.09. The van der Waals surface area contributed by atoms with E-state index in [0.29, 0.717) is 9.23 Å². The summed E-state index contributed by atoms with van der Waals surface area (Å²) in [5.74, 6) is -1.36. The Balaban J connectivity index is 2.17. The molecule has 0 radical (unpaired) electrons. The summed E-state index contributed by atoms with van der Waals surface area (Å²) < 4.78 is 0.181. The second kappa shape index (κ2) is 5.07. The summed E-state index contributed by atoms with van der Waals surface area (Å²) in [7, 11) is 0. The van der Waals surface area contributed by atoms with Crippen molar-refractivity contribution in [2.75, 3.05) is 6.54 Å². The molecule has 18 heavy (non-hydrogen) atoms. The van der Waals surface area contributed by atoms with Crippen molar-refractivity contribution in [2.45, 2.75) is 18.1 Å². The summed E-state index contributed by atoms with van der Waals surface area (Å²) in [6.07, 6.45) is 4.80. The van der Waals surface area contributed by atoms with Crippen LogP contribution in [0.15, 0.2) is 22.5 Å². The van der Waals surface area contributed by atoms with Crippen LogP contribution in [0.3, 0.4) is 0 Å². The number of thioether (sulfide) groups is 2. The maximum Gasteiger partial charge on any atom is 0.323 e. The largest absolute Gasteiger partial charge is 0.480 e. The van der Waals surface area contributed by atoms with Crippen LogP contribution >= 0.6 is 35.7 Å². The van der Waals surface area contributed by atoms with Crippen molar-refractivity contribution in [2.24, 2.45) is 0 Å². The SMILES string of the molecule is CC1(/C=C2/SC(=S)N(CC(=O)O)C2=O)CC=CS1. The van der Waals surface area contributed by atoms with E-state index in [1.165, 1.54) is 11.8 Å². The third-order valence-electron chi connectivity index (χ3n) is 2.56. The highest BCUT2D eigenvalue weighted by atomic mass is 32.2. The van der Waals surface area contributed by atoms with Gasteiger partial charge in [-0.15, -0.1) is 11.8 Å². The van der Waals surface area contributed by atoms with Gasteiger partial charge in [0.15, 0.2) is 0 Å². The van der Waals surface area contributed by atoms with Gasteiger partial charge in [-0.2, -0.15) is 0 Å². The number of carbonyl (C=O) groups is 2. The van der Waals surface area contributed by atoms with Crippen LogP contribution in [0, 0.1) is 0 Å². The van der Waals surface area contributed by atoms with E-state index < -0.39 is 5.97 Å². The van der Waals surface area contributed by atoms with Crippen molar-refractivity contribution in [1.82, 2.24) is 4.90 Å². The average Bonchev–Trinajstić information content (AvgIpc) is 2.79. The van der Waals surface area contributed by atoms with Crippen LogP contribution in [0.4, 0.5) is 0 Å². The van der Waals surface area contributed by atoms with Gasteiger partial charge in [0.2, 0.25) is 0 Å². The fourth-order valence-corrected chi connectivity index (χ4v) is 4.01. The number of carboxylic acids is 1. The highest BCUT2D eigenvalue weighted by Gasteiger charge is 2.36. The fraction of sp³-hybridized carbons (Fsp3) is 0.364. The highest BCUT2D eigenvalue weighted by molar-refractivity contribution is 8.26. The number of aliphatic carboxylic acids is 1. The minimum absolute atomic E-state index is 0.132. The molecule has 1 fully saturated rings. The number of carbonyl (C=O) groups excluding carboxylic acids is 1. The molecule has 1 atom stereocenters. The molecule has 0 aromatic carbocycles. The van der Waals surface area contributed by atoms with Crippen LogP contribution < -0.4 is 0 Å². The first-order chi connectivity index (χ1) is 8.41. The second-order valence-corrected chi connectivity index (χ2v) is 7.28. The smallest absolute Gasteiger partial charge is 0.323 e. The summed E-state index contributed by atoms with van der Waals surface area (Å²) in [5.41, 5.74) is 0. The van der Waals surface area contributed by atoms with Gasteiger partial charge in [-0.1, -0.05) is 30.1 Å². The zero-order valence-electron chi connectivity index (χ0n) is 9.58. The monoisotopic (exact) mass is 301 g/mol.